The molecule has 5 heterocycles. The Bertz CT molecular complexity index is 5060. The predicted octanol–water partition coefficient (Wildman–Crippen LogP) is 22.5. The van der Waals surface area contributed by atoms with E-state index in [0.717, 1.165) is 84.7 Å². The molecule has 11 aromatic rings. The molecular formula is C70H58BBr5Cl7N7O14. The van der Waals surface area contributed by atoms with Crippen LogP contribution in [0.3, 0.4) is 0 Å². The highest BCUT2D eigenvalue weighted by molar-refractivity contribution is 9.11. The van der Waals surface area contributed by atoms with E-state index >= 15 is 0 Å². The molecule has 0 unspecified atom stereocenters. The fourth-order valence-electron chi connectivity index (χ4n) is 9.68. The molecule has 4 aromatic heterocycles. The van der Waals surface area contributed by atoms with Crippen molar-refractivity contribution in [1.82, 2.24) is 24.9 Å². The number of aromatic carboxylic acids is 1. The highest BCUT2D eigenvalue weighted by atomic mass is 79.9. The predicted molar refractivity (Wildman–Crippen MR) is 420 cm³/mol. The highest BCUT2D eigenvalue weighted by Crippen LogP contribution is 2.46. The summed E-state index contributed by atoms with van der Waals surface area (Å²) in [6.45, 7) is 8.14. The Kier molecular flexibility index (Phi) is 26.4. The third-order valence-electron chi connectivity index (χ3n) is 16.5. The van der Waals surface area contributed by atoms with Crippen molar-refractivity contribution in [3.05, 3.63) is 200 Å². The number of hydrogen-bond acceptors (Lipinski definition) is 19. The lowest BCUT2D eigenvalue weighted by Gasteiger charge is -2.32. The number of benzene rings is 7. The molecule has 1 saturated heterocycles. The van der Waals surface area contributed by atoms with Crippen LogP contribution in [0.2, 0.25) is 35.2 Å². The van der Waals surface area contributed by atoms with E-state index in [1.54, 1.807) is 48.5 Å². The largest absolute Gasteiger partial charge is 0.506 e. The zero-order valence-electron chi connectivity index (χ0n) is 54.8. The summed E-state index contributed by atoms with van der Waals surface area (Å²) in [6, 6.07) is 26.4. The van der Waals surface area contributed by atoms with Crippen LogP contribution < -0.4 is 11.2 Å². The van der Waals surface area contributed by atoms with Gasteiger partial charge in [0.05, 0.1) is 62.7 Å². The maximum absolute atomic E-state index is 11.6. The molecule has 1 aliphatic heterocycles. The smallest absolute Gasteiger partial charge is 0.494 e. The maximum Gasteiger partial charge on any atom is 0.494 e. The Labute approximate surface area is 671 Å². The van der Waals surface area contributed by atoms with Gasteiger partial charge >= 0.3 is 18.8 Å². The molecule has 0 atom stereocenters. The number of carbonyl (C=O) groups is 2. The van der Waals surface area contributed by atoms with E-state index < -0.39 is 29.4 Å². The van der Waals surface area contributed by atoms with Gasteiger partial charge in [0.15, 0.2) is 45.9 Å². The van der Waals surface area contributed by atoms with E-state index in [2.05, 4.69) is 105 Å². The standard InChI is InChI=1S/C16H19BClNO3.C15H10ClN3O3.C11H10BrClO2.C10H7BrClNO.C6H3BrClNO3.C6H5BrClNO.C6H4BrClO/c1-15(2)16(3,4)22-17(21-15)10-7-11(18)13-12(8-10)19-14(20-13)9-5-6-9;16-9-3-8(10-5-12(15(20)21)18-6-17-10)4-11-13(9)22-14(19-11)7-1-2-7;12-8-3-7(11(15)9(13)5-8)4-10(14)6-1-2-6;11-6-3-7(12)9-8(4-6)13-10(14-9)5-1-2-5;7-3-1-4(8)6(10)5(2-3)9(11)12;7-3-1-4(8)6(10)5(9)2-3;7-4-1-2-6(9)5(8)3-4/h7-9H,5-6H2,1-4H3;3-7H,1-2H2,(H,20,21);3,5-6,15H,1-2,4H2;3-5H,1-2H2;1-2,10H;1-2,10H,9H2;1-3,9H. The number of carbonyl (C=O) groups excluding carboxylic acids is 1. The Hall–Kier alpha value is -6.02. The second-order valence-electron chi connectivity index (χ2n) is 25.3. The number of hydrogen-bond donors (Lipinski definition) is 6. The van der Waals surface area contributed by atoms with Crippen LogP contribution in [0.4, 0.5) is 11.4 Å². The Morgan fingerprint density at radius 1 is 0.548 bits per heavy atom. The van der Waals surface area contributed by atoms with Crippen LogP contribution in [-0.4, -0.2) is 85.4 Å². The van der Waals surface area contributed by atoms with Crippen LogP contribution in [0.5, 0.6) is 23.0 Å². The Morgan fingerprint density at radius 3 is 1.49 bits per heavy atom. The lowest BCUT2D eigenvalue weighted by atomic mass is 9.79. The number of carboxylic acid groups (broad SMARTS) is 1. The number of rotatable bonds is 10. The average molecular weight is 1880 g/mol. The summed E-state index contributed by atoms with van der Waals surface area (Å²) in [6.07, 6.45) is 10.3. The number of nitro groups is 1. The number of oxazole rings is 3. The summed E-state index contributed by atoms with van der Waals surface area (Å²) in [5.74, 6) is 2.58. The van der Waals surface area contributed by atoms with Crippen molar-refractivity contribution in [2.45, 2.75) is 114 Å². The average Bonchev–Trinajstić information content (AvgIpc) is 1.61. The molecule has 0 bridgehead atoms. The molecule has 0 spiro atoms. The number of fused-ring (bicyclic) bond motifs is 3. The summed E-state index contributed by atoms with van der Waals surface area (Å²) in [5, 5.41) is 58.5. The fraction of sp³-hybridized carbons (Fsp3) is 0.271. The number of nitro benzene ring substituents is 1. The molecule has 7 N–H and O–H groups in total. The number of nitrogens with two attached hydrogens (primary N) is 1. The first-order valence-corrected chi connectivity index (χ1v) is 38.1. The molecule has 104 heavy (non-hydrogen) atoms. The molecule has 21 nitrogen and oxygen atoms in total. The topological polar surface area (TPSA) is 327 Å². The monoisotopic (exact) mass is 1870 g/mol. The van der Waals surface area contributed by atoms with Crippen molar-refractivity contribution < 1.29 is 62.6 Å². The van der Waals surface area contributed by atoms with Gasteiger partial charge in [-0.05, 0) is 176 Å². The normalized spacial score (nSPS) is 15.3. The van der Waals surface area contributed by atoms with Crippen molar-refractivity contribution in [3.63, 3.8) is 0 Å². The molecule has 4 aliphatic carbocycles. The van der Waals surface area contributed by atoms with Crippen LogP contribution in [-0.2, 0) is 20.5 Å². The van der Waals surface area contributed by atoms with Crippen molar-refractivity contribution in [3.8, 4) is 34.3 Å². The number of phenols is 4. The summed E-state index contributed by atoms with van der Waals surface area (Å²) in [5.41, 5.74) is 11.2. The molecule has 0 radical (unpaired) electrons. The van der Waals surface area contributed by atoms with E-state index in [4.69, 9.17) is 130 Å². The van der Waals surface area contributed by atoms with Gasteiger partial charge in [0.25, 0.3) is 0 Å². The van der Waals surface area contributed by atoms with E-state index in [1.807, 2.05) is 52.0 Å². The number of Topliss-reactive ketones (excluding diaryl/α,β-unsaturated/α-hetero) is 1. The van der Waals surface area contributed by atoms with Crippen molar-refractivity contribution >= 4 is 230 Å². The van der Waals surface area contributed by atoms with Crippen molar-refractivity contribution in [2.75, 3.05) is 5.73 Å². The number of nitrogens with zero attached hydrogens (tertiary/aromatic N) is 6. The van der Waals surface area contributed by atoms with Crippen molar-refractivity contribution in [2.24, 2.45) is 5.92 Å². The minimum Gasteiger partial charge on any atom is -0.506 e. The third kappa shape index (κ3) is 20.8. The van der Waals surface area contributed by atoms with E-state index in [-0.39, 0.29) is 73.0 Å². The van der Waals surface area contributed by atoms with Gasteiger partial charge < -0.3 is 53.8 Å². The molecule has 544 valence electrons. The Balaban J connectivity index is 0.000000133. The molecule has 34 heteroatoms. The molecule has 4 saturated carbocycles. The number of halogens is 12. The van der Waals surface area contributed by atoms with E-state index in [9.17, 15) is 24.8 Å². The quantitative estimate of drug-likeness (QED) is 0.0243. The number of nitrogen functional groups attached to an aromatic ring is 1. The number of aromatic hydroxyl groups is 4. The van der Waals surface area contributed by atoms with Crippen LogP contribution in [0.1, 0.15) is 131 Å². The first kappa shape index (κ1) is 80.5. The first-order valence-electron chi connectivity index (χ1n) is 31.5. The van der Waals surface area contributed by atoms with Gasteiger partial charge in [0.1, 0.15) is 40.2 Å². The SMILES string of the molecule is CC1(C)OB(c2cc(Cl)c3oc(C4CC4)nc3c2)OC1(C)C.Clc1cc(Br)cc2nc(C3CC3)oc12.Nc1cc(Br)cc(Cl)c1O.O=C(Cc1cc(Br)cc(Cl)c1O)C1CC1.O=C(O)c1cc(-c2cc(Cl)c3oc(C4CC4)nc3c2)ncn1.O=[N+]([O-])c1cc(Br)cc(Cl)c1O.Oc1ccc(Br)cc1Cl. The molecule has 5 aliphatic rings. The van der Waals surface area contributed by atoms with Gasteiger partial charge in [0, 0.05) is 69.6 Å². The number of aromatic nitrogens is 5. The van der Waals surface area contributed by atoms with Gasteiger partial charge in [-0.2, -0.15) is 0 Å². The molecule has 5 fully saturated rings. The van der Waals surface area contributed by atoms with E-state index in [0.29, 0.717) is 87.3 Å². The van der Waals surface area contributed by atoms with Crippen molar-refractivity contribution in [1.29, 1.82) is 0 Å². The zero-order chi connectivity index (χ0) is 75.5. The molecule has 0 amide bonds. The van der Waals surface area contributed by atoms with E-state index in [1.165, 1.54) is 43.4 Å². The number of carboxylic acids is 1. The number of ketones is 1. The highest BCUT2D eigenvalue weighted by Gasteiger charge is 2.52. The molecular weight excluding hydrogens is 1820 g/mol. The van der Waals surface area contributed by atoms with Gasteiger partial charge in [-0.3, -0.25) is 14.9 Å². The number of anilines is 1. The lowest BCUT2D eigenvalue weighted by Crippen LogP contribution is -2.41. The summed E-state index contributed by atoms with van der Waals surface area (Å²) in [7, 11) is -0.437. The van der Waals surface area contributed by atoms with Gasteiger partial charge in [-0.1, -0.05) is 161 Å². The molecule has 7 aromatic carbocycles. The second-order valence-corrected chi connectivity index (χ2v) is 32.7. The minimum atomic E-state index is -1.10. The first-order chi connectivity index (χ1) is 49.0. The number of phenolic OH excluding ortho intramolecular Hbond substituents is 4. The Morgan fingerprint density at radius 2 is 1.00 bits per heavy atom. The van der Waals surface area contributed by atoms with Gasteiger partial charge in [-0.25, -0.2) is 29.7 Å². The van der Waals surface area contributed by atoms with Crippen LogP contribution in [0.15, 0.2) is 139 Å². The second kappa shape index (κ2) is 34.1. The van der Waals surface area contributed by atoms with Gasteiger partial charge in [0.2, 0.25) is 5.75 Å². The van der Waals surface area contributed by atoms with Gasteiger partial charge in [-0.15, -0.1) is 0 Å². The fourth-order valence-corrected chi connectivity index (χ4v) is 14.2. The van der Waals surface area contributed by atoms with Crippen LogP contribution in [0.25, 0.3) is 44.6 Å². The summed E-state index contributed by atoms with van der Waals surface area (Å²) < 4.78 is 33.1. The summed E-state index contributed by atoms with van der Waals surface area (Å²) >= 11 is 57.1. The maximum atomic E-state index is 11.6. The zero-order valence-corrected chi connectivity index (χ0v) is 68.0. The van der Waals surface area contributed by atoms with Crippen LogP contribution >= 0.6 is 161 Å². The molecule has 16 rings (SSSR count). The summed E-state index contributed by atoms with van der Waals surface area (Å²) in [4.78, 5) is 53.4. The minimum absolute atomic E-state index is 0.0221. The lowest BCUT2D eigenvalue weighted by molar-refractivity contribution is -0.385. The van der Waals surface area contributed by atoms with Crippen LogP contribution in [0, 0.1) is 16.0 Å². The third-order valence-corrected chi connectivity index (χ3v) is 20.9.